The van der Waals surface area contributed by atoms with E-state index >= 15 is 0 Å². The fourth-order valence-corrected chi connectivity index (χ4v) is 8.36. The van der Waals surface area contributed by atoms with Crippen molar-refractivity contribution >= 4 is 65.2 Å². The lowest BCUT2D eigenvalue weighted by Crippen LogP contribution is -1.93. The predicted octanol–water partition coefficient (Wildman–Crippen LogP) is 14.5. The van der Waals surface area contributed by atoms with E-state index in [2.05, 4.69) is 170 Å². The van der Waals surface area contributed by atoms with Crippen LogP contribution in [0.25, 0.3) is 110 Å². The van der Waals surface area contributed by atoms with Gasteiger partial charge in [0.15, 0.2) is 0 Å². The molecule has 0 N–H and O–H groups in total. The van der Waals surface area contributed by atoms with Crippen molar-refractivity contribution in [2.24, 2.45) is 0 Å². The molecular weight excluding hydrogens is 633 g/mol. The molecule has 2 heteroatoms. The Hall–Kier alpha value is -6.90. The van der Waals surface area contributed by atoms with Gasteiger partial charge in [0.25, 0.3) is 0 Å². The third-order valence-electron chi connectivity index (χ3n) is 10.7. The van der Waals surface area contributed by atoms with Gasteiger partial charge in [-0.2, -0.15) is 0 Å². The van der Waals surface area contributed by atoms with Crippen LogP contribution in [-0.2, 0) is 0 Å². The van der Waals surface area contributed by atoms with Crippen molar-refractivity contribution in [2.75, 3.05) is 0 Å². The van der Waals surface area contributed by atoms with Gasteiger partial charge in [-0.05, 0) is 102 Å². The molecule has 52 heavy (non-hydrogen) atoms. The summed E-state index contributed by atoms with van der Waals surface area (Å²) >= 11 is 0. The largest absolute Gasteiger partial charge is 0.464 e. The molecule has 9 aromatic carbocycles. The summed E-state index contributed by atoms with van der Waals surface area (Å²) in [6.45, 7) is 0. The first-order valence-corrected chi connectivity index (χ1v) is 17.7. The lowest BCUT2D eigenvalue weighted by atomic mass is 9.84. The quantitative estimate of drug-likeness (QED) is 0.175. The molecule has 2 nitrogen and oxygen atoms in total. The van der Waals surface area contributed by atoms with E-state index in [1.54, 1.807) is 6.26 Å². The number of hydrogen-bond acceptors (Lipinski definition) is 2. The molecule has 0 amide bonds. The standard InChI is InChI=1S/C50H30O2/c1-2-11-31(12-3-1)37-16-6-7-17-38(37)35-21-23-41-45(28-35)49(42-20-10-15-32-25-26-51-50(32)42)40-19-9-8-18-39(40)48(41)36-22-24-46-43(29-36)44-27-33-13-4-5-14-34(33)30-47(44)52-46/h1-30H. The minimum Gasteiger partial charge on any atom is -0.464 e. The van der Waals surface area contributed by atoms with Crippen molar-refractivity contribution in [1.82, 2.24) is 0 Å². The zero-order valence-electron chi connectivity index (χ0n) is 28.1. The molecule has 0 fully saturated rings. The highest BCUT2D eigenvalue weighted by atomic mass is 16.3. The molecular formula is C50H30O2. The number of para-hydroxylation sites is 1. The second kappa shape index (κ2) is 11.3. The topological polar surface area (TPSA) is 26.3 Å². The minimum absolute atomic E-state index is 0.892. The van der Waals surface area contributed by atoms with Gasteiger partial charge in [-0.25, -0.2) is 0 Å². The van der Waals surface area contributed by atoms with E-state index in [0.717, 1.165) is 44.0 Å². The maximum Gasteiger partial charge on any atom is 0.141 e. The smallest absolute Gasteiger partial charge is 0.141 e. The van der Waals surface area contributed by atoms with Gasteiger partial charge in [0, 0.05) is 27.3 Å². The Morgan fingerprint density at radius 3 is 1.77 bits per heavy atom. The van der Waals surface area contributed by atoms with E-state index in [9.17, 15) is 0 Å². The first-order valence-electron chi connectivity index (χ1n) is 17.7. The summed E-state index contributed by atoms with van der Waals surface area (Å²) in [6, 6.07) is 63.3. The van der Waals surface area contributed by atoms with Crippen LogP contribution in [0.5, 0.6) is 0 Å². The summed E-state index contributed by atoms with van der Waals surface area (Å²) in [4.78, 5) is 0. The summed E-state index contributed by atoms with van der Waals surface area (Å²) in [5, 5.41) is 10.5. The molecule has 0 saturated carbocycles. The zero-order valence-corrected chi connectivity index (χ0v) is 28.1. The monoisotopic (exact) mass is 662 g/mol. The Labute approximate surface area is 299 Å². The maximum absolute atomic E-state index is 6.44. The number of fused-ring (bicyclic) bond motifs is 7. The second-order valence-corrected chi connectivity index (χ2v) is 13.6. The predicted molar refractivity (Wildman–Crippen MR) is 218 cm³/mol. The Morgan fingerprint density at radius 2 is 0.923 bits per heavy atom. The number of rotatable bonds is 4. The number of furan rings is 2. The van der Waals surface area contributed by atoms with Crippen molar-refractivity contribution in [2.45, 2.75) is 0 Å². The molecule has 0 aliphatic carbocycles. The number of benzene rings is 9. The van der Waals surface area contributed by atoms with E-state index in [-0.39, 0.29) is 0 Å². The minimum atomic E-state index is 0.892. The highest BCUT2D eigenvalue weighted by Crippen LogP contribution is 2.48. The zero-order chi connectivity index (χ0) is 34.2. The third kappa shape index (κ3) is 4.38. The van der Waals surface area contributed by atoms with E-state index < -0.39 is 0 Å². The molecule has 0 saturated heterocycles. The van der Waals surface area contributed by atoms with Crippen molar-refractivity contribution < 1.29 is 8.83 Å². The van der Waals surface area contributed by atoms with Crippen LogP contribution in [0.2, 0.25) is 0 Å². The maximum atomic E-state index is 6.44. The van der Waals surface area contributed by atoms with Crippen LogP contribution in [0.4, 0.5) is 0 Å². The Morgan fingerprint density at radius 1 is 0.308 bits per heavy atom. The average Bonchev–Trinajstić information content (AvgIpc) is 3.84. The second-order valence-electron chi connectivity index (χ2n) is 13.6. The molecule has 0 aliphatic heterocycles. The number of hydrogen-bond donors (Lipinski definition) is 0. The Bertz CT molecular complexity index is 3180. The lowest BCUT2D eigenvalue weighted by Gasteiger charge is -2.19. The molecule has 0 unspecified atom stereocenters. The van der Waals surface area contributed by atoms with E-state index in [1.165, 1.54) is 65.7 Å². The average molecular weight is 663 g/mol. The van der Waals surface area contributed by atoms with Crippen LogP contribution in [0, 0.1) is 0 Å². The molecule has 11 aromatic rings. The molecule has 11 rings (SSSR count). The molecule has 0 atom stereocenters. The van der Waals surface area contributed by atoms with E-state index in [4.69, 9.17) is 8.83 Å². The van der Waals surface area contributed by atoms with E-state index in [0.29, 0.717) is 0 Å². The van der Waals surface area contributed by atoms with Crippen LogP contribution >= 0.6 is 0 Å². The summed E-state index contributed by atoms with van der Waals surface area (Å²) < 4.78 is 12.6. The summed E-state index contributed by atoms with van der Waals surface area (Å²) in [6.07, 6.45) is 1.79. The summed E-state index contributed by atoms with van der Waals surface area (Å²) in [7, 11) is 0. The van der Waals surface area contributed by atoms with Crippen molar-refractivity contribution in [3.05, 3.63) is 182 Å². The van der Waals surface area contributed by atoms with Crippen LogP contribution in [0.15, 0.2) is 191 Å². The Kier molecular flexibility index (Phi) is 6.28. The van der Waals surface area contributed by atoms with Crippen LogP contribution in [0.1, 0.15) is 0 Å². The van der Waals surface area contributed by atoms with Gasteiger partial charge in [-0.15, -0.1) is 0 Å². The highest BCUT2D eigenvalue weighted by Gasteiger charge is 2.21. The first-order chi connectivity index (χ1) is 25.8. The van der Waals surface area contributed by atoms with Crippen molar-refractivity contribution in [1.29, 1.82) is 0 Å². The van der Waals surface area contributed by atoms with Crippen molar-refractivity contribution in [3.8, 4) is 44.5 Å². The van der Waals surface area contributed by atoms with Gasteiger partial charge >= 0.3 is 0 Å². The molecule has 0 bridgehead atoms. The van der Waals surface area contributed by atoms with Gasteiger partial charge in [0.1, 0.15) is 16.7 Å². The summed E-state index contributed by atoms with van der Waals surface area (Å²) in [5.41, 5.74) is 12.1. The highest BCUT2D eigenvalue weighted by molar-refractivity contribution is 6.24. The fraction of sp³-hybridized carbons (Fsp3) is 0. The van der Waals surface area contributed by atoms with Gasteiger partial charge in [-0.3, -0.25) is 0 Å². The molecule has 2 aromatic heterocycles. The van der Waals surface area contributed by atoms with Gasteiger partial charge in [-0.1, -0.05) is 140 Å². The van der Waals surface area contributed by atoms with Crippen LogP contribution in [0.3, 0.4) is 0 Å². The van der Waals surface area contributed by atoms with Gasteiger partial charge in [0.05, 0.1) is 6.26 Å². The molecule has 0 spiro atoms. The van der Waals surface area contributed by atoms with Crippen molar-refractivity contribution in [3.63, 3.8) is 0 Å². The van der Waals surface area contributed by atoms with E-state index in [1.807, 2.05) is 6.07 Å². The van der Waals surface area contributed by atoms with Gasteiger partial charge in [0.2, 0.25) is 0 Å². The van der Waals surface area contributed by atoms with Crippen LogP contribution < -0.4 is 0 Å². The molecule has 2 heterocycles. The SMILES string of the molecule is c1ccc(-c2ccccc2-c2ccc3c(-c4ccc5oc6cc7ccccc7cc6c5c4)c4ccccc4c(-c4cccc5ccoc45)c3c2)cc1. The molecule has 0 aliphatic rings. The Balaban J connectivity index is 1.24. The molecule has 0 radical (unpaired) electrons. The first kappa shape index (κ1) is 28.9. The molecule has 242 valence electrons. The van der Waals surface area contributed by atoms with Crippen LogP contribution in [-0.4, -0.2) is 0 Å². The summed E-state index contributed by atoms with van der Waals surface area (Å²) in [5.74, 6) is 0. The third-order valence-corrected chi connectivity index (χ3v) is 10.7. The fourth-order valence-electron chi connectivity index (χ4n) is 8.36. The lowest BCUT2D eigenvalue weighted by molar-refractivity contribution is 0.617. The van der Waals surface area contributed by atoms with Gasteiger partial charge < -0.3 is 8.83 Å². The normalized spacial score (nSPS) is 11.8.